The molecule has 1 aliphatic carbocycles. The minimum absolute atomic E-state index is 0. The van der Waals surface area contributed by atoms with E-state index in [4.69, 9.17) is 0 Å². The largest absolute Gasteiger partial charge is 0.336 e. The molecule has 1 aromatic heterocycles. The van der Waals surface area contributed by atoms with Crippen molar-refractivity contribution in [3.63, 3.8) is 0 Å². The number of halogens is 1. The Bertz CT molecular complexity index is 730. The molecule has 1 saturated carbocycles. The van der Waals surface area contributed by atoms with E-state index in [1.54, 1.807) is 0 Å². The van der Waals surface area contributed by atoms with Crippen molar-refractivity contribution in [2.45, 2.75) is 32.1 Å². The summed E-state index contributed by atoms with van der Waals surface area (Å²) in [6.07, 6.45) is 3.21. The maximum absolute atomic E-state index is 13.0. The number of nitrogens with zero attached hydrogens (tertiary/aromatic N) is 4. The van der Waals surface area contributed by atoms with Crippen LogP contribution in [0.15, 0.2) is 24.3 Å². The van der Waals surface area contributed by atoms with Crippen LogP contribution < -0.4 is 5.32 Å². The lowest BCUT2D eigenvalue weighted by molar-refractivity contribution is 0.0759. The van der Waals surface area contributed by atoms with Crippen molar-refractivity contribution in [3.8, 4) is 5.69 Å². The zero-order valence-electron chi connectivity index (χ0n) is 14.4. The molecule has 0 unspecified atom stereocenters. The topological polar surface area (TPSA) is 63.1 Å². The molecule has 134 valence electrons. The highest BCUT2D eigenvalue weighted by Crippen LogP contribution is 2.42. The second-order valence-corrected chi connectivity index (χ2v) is 6.74. The van der Waals surface area contributed by atoms with Gasteiger partial charge in [-0.1, -0.05) is 22.9 Å². The predicted molar refractivity (Wildman–Crippen MR) is 98.7 cm³/mol. The molecule has 0 atom stereocenters. The number of carbonyl (C=O) groups excluding carboxylic acids is 1. The first-order valence-corrected chi connectivity index (χ1v) is 8.76. The van der Waals surface area contributed by atoms with E-state index in [0.717, 1.165) is 56.8 Å². The third-order valence-electron chi connectivity index (χ3n) is 4.78. The number of carbonyl (C=O) groups is 1. The Labute approximate surface area is 154 Å². The van der Waals surface area contributed by atoms with E-state index in [0.29, 0.717) is 11.6 Å². The molecule has 2 heterocycles. The van der Waals surface area contributed by atoms with Crippen LogP contribution in [0.25, 0.3) is 5.69 Å². The summed E-state index contributed by atoms with van der Waals surface area (Å²) in [6.45, 7) is 5.40. The summed E-state index contributed by atoms with van der Waals surface area (Å²) in [7, 11) is 0. The smallest absolute Gasteiger partial charge is 0.276 e. The molecular formula is C18H24ClN5O. The second kappa shape index (κ2) is 7.54. The van der Waals surface area contributed by atoms with E-state index in [9.17, 15) is 4.79 Å². The molecule has 2 aromatic rings. The summed E-state index contributed by atoms with van der Waals surface area (Å²) < 4.78 is 1.86. The molecule has 7 heteroatoms. The quantitative estimate of drug-likeness (QED) is 0.911. The van der Waals surface area contributed by atoms with Gasteiger partial charge in [0.25, 0.3) is 5.91 Å². The maximum Gasteiger partial charge on any atom is 0.276 e. The Balaban J connectivity index is 0.00000182. The van der Waals surface area contributed by atoms with Gasteiger partial charge in [0, 0.05) is 25.6 Å². The minimum atomic E-state index is 0. The lowest BCUT2D eigenvalue weighted by atomic mass is 10.1. The average molecular weight is 362 g/mol. The fraction of sp³-hybridized carbons (Fsp3) is 0.500. The van der Waals surface area contributed by atoms with Crippen molar-refractivity contribution >= 4 is 18.3 Å². The number of benzene rings is 1. The Morgan fingerprint density at radius 1 is 1.16 bits per heavy atom. The van der Waals surface area contributed by atoms with Gasteiger partial charge in [0.15, 0.2) is 5.69 Å². The van der Waals surface area contributed by atoms with E-state index in [-0.39, 0.29) is 18.3 Å². The van der Waals surface area contributed by atoms with Crippen LogP contribution in [0.4, 0.5) is 0 Å². The fourth-order valence-corrected chi connectivity index (χ4v) is 3.24. The number of aryl methyl sites for hydroxylation is 1. The molecule has 4 rings (SSSR count). The normalized spacial score (nSPS) is 17.7. The number of hydrogen-bond donors (Lipinski definition) is 1. The SMILES string of the molecule is Cc1ccc(-n2nnc(C(=O)N3CCCNCC3)c2C2CC2)cc1.Cl. The van der Waals surface area contributed by atoms with Crippen LogP contribution >= 0.6 is 12.4 Å². The van der Waals surface area contributed by atoms with Gasteiger partial charge in [-0.2, -0.15) is 0 Å². The molecular weight excluding hydrogens is 338 g/mol. The van der Waals surface area contributed by atoms with Gasteiger partial charge < -0.3 is 10.2 Å². The molecule has 1 aromatic carbocycles. The van der Waals surface area contributed by atoms with Gasteiger partial charge in [0.05, 0.1) is 11.4 Å². The molecule has 0 bridgehead atoms. The van der Waals surface area contributed by atoms with E-state index in [2.05, 4.69) is 34.7 Å². The number of amides is 1. The highest BCUT2D eigenvalue weighted by atomic mass is 35.5. The first-order valence-electron chi connectivity index (χ1n) is 8.76. The summed E-state index contributed by atoms with van der Waals surface area (Å²) in [5.41, 5.74) is 3.72. The van der Waals surface area contributed by atoms with Gasteiger partial charge in [0.1, 0.15) is 0 Å². The van der Waals surface area contributed by atoms with Crippen molar-refractivity contribution in [1.29, 1.82) is 0 Å². The van der Waals surface area contributed by atoms with Gasteiger partial charge in [-0.3, -0.25) is 4.79 Å². The zero-order chi connectivity index (χ0) is 16.5. The van der Waals surface area contributed by atoms with Crippen LogP contribution in [0.5, 0.6) is 0 Å². The third kappa shape index (κ3) is 3.70. The standard InChI is InChI=1S/C18H23N5O.ClH/c1-13-3-7-15(8-4-13)23-17(14-5-6-14)16(20-21-23)18(24)22-11-2-9-19-10-12-22;/h3-4,7-8,14,19H,2,5-6,9-12H2,1H3;1H. The van der Waals surface area contributed by atoms with E-state index < -0.39 is 0 Å². The second-order valence-electron chi connectivity index (χ2n) is 6.74. The third-order valence-corrected chi connectivity index (χ3v) is 4.78. The van der Waals surface area contributed by atoms with Gasteiger partial charge in [0.2, 0.25) is 0 Å². The lowest BCUT2D eigenvalue weighted by Crippen LogP contribution is -2.35. The Kier molecular flexibility index (Phi) is 5.39. The highest BCUT2D eigenvalue weighted by Gasteiger charge is 2.35. The van der Waals surface area contributed by atoms with Crippen LogP contribution in [0.2, 0.25) is 0 Å². The van der Waals surface area contributed by atoms with Gasteiger partial charge in [-0.25, -0.2) is 4.68 Å². The van der Waals surface area contributed by atoms with Gasteiger partial charge >= 0.3 is 0 Å². The monoisotopic (exact) mass is 361 g/mol. The molecule has 0 spiro atoms. The Morgan fingerprint density at radius 3 is 2.64 bits per heavy atom. The Morgan fingerprint density at radius 2 is 1.92 bits per heavy atom. The summed E-state index contributed by atoms with van der Waals surface area (Å²) in [6, 6.07) is 8.21. The molecule has 2 aliphatic rings. The van der Waals surface area contributed by atoms with Crippen molar-refractivity contribution in [2.75, 3.05) is 26.2 Å². The minimum Gasteiger partial charge on any atom is -0.336 e. The van der Waals surface area contributed by atoms with Crippen LogP contribution in [-0.2, 0) is 0 Å². The fourth-order valence-electron chi connectivity index (χ4n) is 3.24. The first kappa shape index (κ1) is 17.9. The van der Waals surface area contributed by atoms with E-state index in [1.165, 1.54) is 5.56 Å². The van der Waals surface area contributed by atoms with Crippen LogP contribution in [0.3, 0.4) is 0 Å². The van der Waals surface area contributed by atoms with Crippen LogP contribution in [0, 0.1) is 6.92 Å². The van der Waals surface area contributed by atoms with E-state index >= 15 is 0 Å². The molecule has 2 fully saturated rings. The summed E-state index contributed by atoms with van der Waals surface area (Å²) in [5, 5.41) is 11.9. The molecule has 1 N–H and O–H groups in total. The van der Waals surface area contributed by atoms with Crippen LogP contribution in [-0.4, -0.2) is 52.0 Å². The van der Waals surface area contributed by atoms with Crippen LogP contribution in [0.1, 0.15) is 46.9 Å². The summed E-state index contributed by atoms with van der Waals surface area (Å²) in [5.74, 6) is 0.435. The molecule has 0 radical (unpaired) electrons. The van der Waals surface area contributed by atoms with Crippen molar-refractivity contribution < 1.29 is 4.79 Å². The maximum atomic E-state index is 13.0. The predicted octanol–water partition coefficient (Wildman–Crippen LogP) is 2.31. The summed E-state index contributed by atoms with van der Waals surface area (Å²) in [4.78, 5) is 14.9. The molecule has 1 amide bonds. The number of hydrogen-bond acceptors (Lipinski definition) is 4. The first-order chi connectivity index (χ1) is 11.7. The number of rotatable bonds is 3. The van der Waals surface area contributed by atoms with Gasteiger partial charge in [-0.15, -0.1) is 17.5 Å². The highest BCUT2D eigenvalue weighted by molar-refractivity contribution is 5.93. The van der Waals surface area contributed by atoms with E-state index in [1.807, 2.05) is 21.7 Å². The zero-order valence-corrected chi connectivity index (χ0v) is 15.3. The van der Waals surface area contributed by atoms with Crippen molar-refractivity contribution in [1.82, 2.24) is 25.2 Å². The molecule has 25 heavy (non-hydrogen) atoms. The number of nitrogens with one attached hydrogen (secondary N) is 1. The Hall–Kier alpha value is -1.92. The number of aromatic nitrogens is 3. The average Bonchev–Trinajstić information content (AvgIpc) is 3.39. The van der Waals surface area contributed by atoms with Crippen molar-refractivity contribution in [2.24, 2.45) is 0 Å². The summed E-state index contributed by atoms with van der Waals surface area (Å²) >= 11 is 0. The lowest BCUT2D eigenvalue weighted by Gasteiger charge is -2.19. The van der Waals surface area contributed by atoms with Crippen molar-refractivity contribution in [3.05, 3.63) is 41.2 Å². The molecule has 1 aliphatic heterocycles. The van der Waals surface area contributed by atoms with Gasteiger partial charge in [-0.05, 0) is 44.9 Å². The molecule has 6 nitrogen and oxygen atoms in total. The molecule has 1 saturated heterocycles.